The number of para-hydroxylation sites is 1. The zero-order chi connectivity index (χ0) is 16.0. The molecule has 0 aromatic heterocycles. The van der Waals surface area contributed by atoms with E-state index in [1.165, 1.54) is 0 Å². The Balaban J connectivity index is 2.29. The van der Waals surface area contributed by atoms with Crippen molar-refractivity contribution in [1.29, 1.82) is 0 Å². The molecule has 0 saturated heterocycles. The third kappa shape index (κ3) is 4.68. The van der Waals surface area contributed by atoms with E-state index in [9.17, 15) is 0 Å². The van der Waals surface area contributed by atoms with Crippen LogP contribution in [-0.4, -0.2) is 26.4 Å². The molecule has 120 valence electrons. The first-order valence-corrected chi connectivity index (χ1v) is 8.26. The fourth-order valence-electron chi connectivity index (χ4n) is 2.38. The predicted octanol–water partition coefficient (Wildman–Crippen LogP) is 3.63. The lowest BCUT2D eigenvalue weighted by molar-refractivity contribution is 0.321. The SMILES string of the molecule is CCCNCN1CCCOc2c(C#CC(C)(C)C)cccc21. The maximum absolute atomic E-state index is 6.01. The molecule has 0 bridgehead atoms. The van der Waals surface area contributed by atoms with Gasteiger partial charge in [0.25, 0.3) is 0 Å². The smallest absolute Gasteiger partial charge is 0.158 e. The van der Waals surface area contributed by atoms with E-state index in [1.54, 1.807) is 0 Å². The van der Waals surface area contributed by atoms with Crippen molar-refractivity contribution >= 4 is 5.69 Å². The highest BCUT2D eigenvalue weighted by atomic mass is 16.5. The number of benzene rings is 1. The molecule has 0 radical (unpaired) electrons. The molecule has 0 atom stereocenters. The second kappa shape index (κ2) is 7.56. The zero-order valence-corrected chi connectivity index (χ0v) is 14.3. The van der Waals surface area contributed by atoms with Gasteiger partial charge in [-0.3, -0.25) is 5.32 Å². The Hall–Kier alpha value is -1.66. The van der Waals surface area contributed by atoms with Crippen molar-refractivity contribution in [1.82, 2.24) is 5.32 Å². The third-order valence-electron chi connectivity index (χ3n) is 3.46. The number of anilines is 1. The van der Waals surface area contributed by atoms with Crippen LogP contribution in [0.15, 0.2) is 18.2 Å². The van der Waals surface area contributed by atoms with Gasteiger partial charge in [0.2, 0.25) is 0 Å². The van der Waals surface area contributed by atoms with Crippen molar-refractivity contribution in [2.45, 2.75) is 40.5 Å². The minimum atomic E-state index is -0.00414. The molecule has 0 amide bonds. The minimum absolute atomic E-state index is 0.00414. The number of fused-ring (bicyclic) bond motifs is 1. The molecule has 22 heavy (non-hydrogen) atoms. The third-order valence-corrected chi connectivity index (χ3v) is 3.46. The van der Waals surface area contributed by atoms with Crippen LogP contribution in [0.4, 0.5) is 5.69 Å². The molecule has 1 N–H and O–H groups in total. The van der Waals surface area contributed by atoms with Crippen molar-refractivity contribution in [3.05, 3.63) is 23.8 Å². The Labute approximate surface area is 135 Å². The van der Waals surface area contributed by atoms with Crippen LogP contribution < -0.4 is 15.0 Å². The van der Waals surface area contributed by atoms with Gasteiger partial charge in [0.05, 0.1) is 24.5 Å². The molecule has 3 heteroatoms. The number of nitrogens with zero attached hydrogens (tertiary/aromatic N) is 1. The standard InChI is InChI=1S/C19H28N2O/c1-5-12-20-15-21-13-7-14-22-18-16(8-6-9-17(18)21)10-11-19(2,3)4/h6,8-9,20H,5,7,12-15H2,1-4H3. The summed E-state index contributed by atoms with van der Waals surface area (Å²) in [5.41, 5.74) is 2.15. The lowest BCUT2D eigenvalue weighted by Gasteiger charge is -2.24. The van der Waals surface area contributed by atoms with E-state index in [0.29, 0.717) is 0 Å². The number of ether oxygens (including phenoxy) is 1. The van der Waals surface area contributed by atoms with Crippen LogP contribution in [0.1, 0.15) is 46.1 Å². The number of hydrogen-bond acceptors (Lipinski definition) is 3. The molecule has 0 saturated carbocycles. The van der Waals surface area contributed by atoms with Crippen molar-refractivity contribution in [3.63, 3.8) is 0 Å². The van der Waals surface area contributed by atoms with Gasteiger partial charge < -0.3 is 9.64 Å². The Morgan fingerprint density at radius 3 is 2.86 bits per heavy atom. The highest BCUT2D eigenvalue weighted by Gasteiger charge is 2.18. The first kappa shape index (κ1) is 16.7. The lowest BCUT2D eigenvalue weighted by atomic mass is 9.97. The van der Waals surface area contributed by atoms with E-state index in [4.69, 9.17) is 4.74 Å². The van der Waals surface area contributed by atoms with Crippen LogP contribution in [0, 0.1) is 17.3 Å². The molecule has 0 fully saturated rings. The van der Waals surface area contributed by atoms with Crippen LogP contribution >= 0.6 is 0 Å². The summed E-state index contributed by atoms with van der Waals surface area (Å²) in [5.74, 6) is 7.56. The molecule has 1 aliphatic rings. The van der Waals surface area contributed by atoms with Gasteiger partial charge in [-0.2, -0.15) is 0 Å². The van der Waals surface area contributed by atoms with Gasteiger partial charge in [0, 0.05) is 12.0 Å². The van der Waals surface area contributed by atoms with Gasteiger partial charge >= 0.3 is 0 Å². The van der Waals surface area contributed by atoms with Gasteiger partial charge in [0.1, 0.15) is 0 Å². The first-order valence-electron chi connectivity index (χ1n) is 8.26. The lowest BCUT2D eigenvalue weighted by Crippen LogP contribution is -2.35. The molecule has 0 aliphatic carbocycles. The fourth-order valence-corrected chi connectivity index (χ4v) is 2.38. The van der Waals surface area contributed by atoms with Gasteiger partial charge in [-0.1, -0.05) is 24.8 Å². The maximum atomic E-state index is 6.01. The van der Waals surface area contributed by atoms with Crippen molar-refractivity contribution < 1.29 is 4.74 Å². The van der Waals surface area contributed by atoms with Gasteiger partial charge in [-0.05, 0) is 52.3 Å². The summed E-state index contributed by atoms with van der Waals surface area (Å²) in [6.45, 7) is 12.2. The molecule has 2 rings (SSSR count). The quantitative estimate of drug-likeness (QED) is 0.679. The summed E-state index contributed by atoms with van der Waals surface area (Å²) in [5, 5.41) is 3.48. The Morgan fingerprint density at radius 2 is 2.14 bits per heavy atom. The van der Waals surface area contributed by atoms with Gasteiger partial charge in [-0.25, -0.2) is 0 Å². The average molecular weight is 300 g/mol. The molecule has 1 aliphatic heterocycles. The molecule has 0 spiro atoms. The second-order valence-corrected chi connectivity index (χ2v) is 6.78. The van der Waals surface area contributed by atoms with Crippen molar-refractivity contribution in [3.8, 4) is 17.6 Å². The summed E-state index contributed by atoms with van der Waals surface area (Å²) >= 11 is 0. The molecule has 1 aromatic carbocycles. The van der Waals surface area contributed by atoms with Gasteiger partial charge in [-0.15, -0.1) is 0 Å². The summed E-state index contributed by atoms with van der Waals surface area (Å²) < 4.78 is 6.01. The Morgan fingerprint density at radius 1 is 1.32 bits per heavy atom. The summed E-state index contributed by atoms with van der Waals surface area (Å²) in [4.78, 5) is 2.36. The Bertz CT molecular complexity index is 549. The highest BCUT2D eigenvalue weighted by Crippen LogP contribution is 2.33. The summed E-state index contributed by atoms with van der Waals surface area (Å²) in [6.07, 6.45) is 2.18. The van der Waals surface area contributed by atoms with E-state index >= 15 is 0 Å². The first-order chi connectivity index (χ1) is 10.5. The summed E-state index contributed by atoms with van der Waals surface area (Å²) in [6, 6.07) is 6.27. The largest absolute Gasteiger partial charge is 0.490 e. The van der Waals surface area contributed by atoms with E-state index in [0.717, 1.165) is 56.2 Å². The van der Waals surface area contributed by atoms with Crippen LogP contribution in [0.2, 0.25) is 0 Å². The fraction of sp³-hybridized carbons (Fsp3) is 0.579. The molecule has 1 heterocycles. The molecule has 1 aromatic rings. The van der Waals surface area contributed by atoms with Gasteiger partial charge in [0.15, 0.2) is 5.75 Å². The monoisotopic (exact) mass is 300 g/mol. The highest BCUT2D eigenvalue weighted by molar-refractivity contribution is 5.66. The van der Waals surface area contributed by atoms with E-state index in [2.05, 4.69) is 68.0 Å². The van der Waals surface area contributed by atoms with E-state index < -0.39 is 0 Å². The number of nitrogens with one attached hydrogen (secondary N) is 1. The summed E-state index contributed by atoms with van der Waals surface area (Å²) in [7, 11) is 0. The van der Waals surface area contributed by atoms with E-state index in [1.807, 2.05) is 0 Å². The normalized spacial score (nSPS) is 14.5. The topological polar surface area (TPSA) is 24.5 Å². The maximum Gasteiger partial charge on any atom is 0.158 e. The average Bonchev–Trinajstić information content (AvgIpc) is 2.67. The van der Waals surface area contributed by atoms with Crippen LogP contribution in [0.25, 0.3) is 0 Å². The van der Waals surface area contributed by atoms with Crippen LogP contribution in [0.5, 0.6) is 5.75 Å². The minimum Gasteiger partial charge on any atom is -0.490 e. The molecular weight excluding hydrogens is 272 g/mol. The van der Waals surface area contributed by atoms with Crippen molar-refractivity contribution in [2.24, 2.45) is 5.41 Å². The number of hydrogen-bond donors (Lipinski definition) is 1. The number of rotatable bonds is 4. The predicted molar refractivity (Wildman–Crippen MR) is 93.4 cm³/mol. The molecule has 0 unspecified atom stereocenters. The van der Waals surface area contributed by atoms with Crippen LogP contribution in [0.3, 0.4) is 0 Å². The zero-order valence-electron chi connectivity index (χ0n) is 14.3. The van der Waals surface area contributed by atoms with E-state index in [-0.39, 0.29) is 5.41 Å². The van der Waals surface area contributed by atoms with Crippen LogP contribution in [-0.2, 0) is 0 Å². The molecule has 3 nitrogen and oxygen atoms in total. The second-order valence-electron chi connectivity index (χ2n) is 6.78. The Kier molecular flexibility index (Phi) is 5.74. The van der Waals surface area contributed by atoms with Crippen molar-refractivity contribution in [2.75, 3.05) is 31.3 Å². The molecular formula is C19H28N2O.